The van der Waals surface area contributed by atoms with Crippen molar-refractivity contribution in [2.24, 2.45) is 0 Å². The number of nitrogens with one attached hydrogen (secondary N) is 1. The molecule has 0 aromatic carbocycles. The number of amides is 1. The van der Waals surface area contributed by atoms with Gasteiger partial charge in [0, 0.05) is 13.1 Å². The van der Waals surface area contributed by atoms with Crippen molar-refractivity contribution in [2.75, 3.05) is 24.2 Å². The molecule has 2 N–H and O–H groups in total. The molecule has 0 saturated carbocycles. The van der Waals surface area contributed by atoms with E-state index in [0.29, 0.717) is 9.47 Å². The molecule has 1 atom stereocenters. The summed E-state index contributed by atoms with van der Waals surface area (Å²) in [6.07, 6.45) is 3.31. The molecule has 0 bridgehead atoms. The van der Waals surface area contributed by atoms with Gasteiger partial charge in [0.25, 0.3) is 0 Å². The van der Waals surface area contributed by atoms with Crippen molar-refractivity contribution in [3.8, 4) is 0 Å². The van der Waals surface area contributed by atoms with Crippen molar-refractivity contribution in [3.05, 3.63) is 0 Å². The lowest BCUT2D eigenvalue weighted by molar-refractivity contribution is -0.134. The number of hydrogen-bond donors (Lipinski definition) is 2. The standard InChI is InChI=1S/C12H18N4O3S2/c1-8(10(19)16-5-3-2-4-6-16)13-11-14-15-12(21-11)20-7-9(17)18/h8H,2-7H2,1H3,(H,13,14)(H,17,18). The maximum Gasteiger partial charge on any atom is 0.313 e. The number of nitrogens with zero attached hydrogens (tertiary/aromatic N) is 3. The van der Waals surface area contributed by atoms with Crippen molar-refractivity contribution in [2.45, 2.75) is 36.6 Å². The van der Waals surface area contributed by atoms with E-state index in [1.165, 1.54) is 17.8 Å². The maximum atomic E-state index is 12.3. The van der Waals surface area contributed by atoms with Gasteiger partial charge in [0.2, 0.25) is 11.0 Å². The van der Waals surface area contributed by atoms with Crippen molar-refractivity contribution >= 4 is 40.1 Å². The number of anilines is 1. The van der Waals surface area contributed by atoms with Crippen LogP contribution in [0.1, 0.15) is 26.2 Å². The van der Waals surface area contributed by atoms with E-state index in [2.05, 4.69) is 15.5 Å². The molecule has 1 unspecified atom stereocenters. The van der Waals surface area contributed by atoms with E-state index in [-0.39, 0.29) is 17.7 Å². The smallest absolute Gasteiger partial charge is 0.313 e. The molecule has 9 heteroatoms. The van der Waals surface area contributed by atoms with Gasteiger partial charge in [0.1, 0.15) is 6.04 Å². The molecule has 1 aliphatic heterocycles. The minimum Gasteiger partial charge on any atom is -0.481 e. The first-order chi connectivity index (χ1) is 10.1. The summed E-state index contributed by atoms with van der Waals surface area (Å²) in [6.45, 7) is 3.45. The first-order valence-electron chi connectivity index (χ1n) is 6.79. The predicted octanol–water partition coefficient (Wildman–Crippen LogP) is 1.53. The summed E-state index contributed by atoms with van der Waals surface area (Å²) in [5.41, 5.74) is 0. The van der Waals surface area contributed by atoms with Crippen LogP contribution in [0.3, 0.4) is 0 Å². The number of carbonyl (C=O) groups excluding carboxylic acids is 1. The van der Waals surface area contributed by atoms with Crippen LogP contribution in [0.15, 0.2) is 4.34 Å². The number of aliphatic carboxylic acids is 1. The fourth-order valence-corrected chi connectivity index (χ4v) is 3.64. The molecule has 1 aliphatic rings. The lowest BCUT2D eigenvalue weighted by Gasteiger charge is -2.29. The van der Waals surface area contributed by atoms with Gasteiger partial charge in [-0.05, 0) is 26.2 Å². The van der Waals surface area contributed by atoms with Crippen LogP contribution in [0, 0.1) is 0 Å². The SMILES string of the molecule is CC(Nc1nnc(SCC(=O)O)s1)C(=O)N1CCCCC1. The Hall–Kier alpha value is -1.35. The Kier molecular flexibility index (Phi) is 5.80. The summed E-state index contributed by atoms with van der Waals surface area (Å²) in [5, 5.41) is 20.0. The third kappa shape index (κ3) is 4.85. The zero-order valence-electron chi connectivity index (χ0n) is 11.7. The summed E-state index contributed by atoms with van der Waals surface area (Å²) in [4.78, 5) is 24.6. The van der Waals surface area contributed by atoms with Gasteiger partial charge in [-0.2, -0.15) is 0 Å². The minimum absolute atomic E-state index is 0.0447. The van der Waals surface area contributed by atoms with Gasteiger partial charge in [-0.25, -0.2) is 0 Å². The number of aromatic nitrogens is 2. The summed E-state index contributed by atoms with van der Waals surface area (Å²) in [7, 11) is 0. The van der Waals surface area contributed by atoms with Gasteiger partial charge in [0.15, 0.2) is 4.34 Å². The fourth-order valence-electron chi connectivity index (χ4n) is 2.09. The molecule has 7 nitrogen and oxygen atoms in total. The molecule has 1 aromatic rings. The molecule has 0 aliphatic carbocycles. The second-order valence-corrected chi connectivity index (χ2v) is 7.01. The van der Waals surface area contributed by atoms with Crippen LogP contribution >= 0.6 is 23.1 Å². The third-order valence-corrected chi connectivity index (χ3v) is 5.08. The third-order valence-electron chi connectivity index (χ3n) is 3.10. The molecule has 0 spiro atoms. The normalized spacial score (nSPS) is 16.5. The van der Waals surface area contributed by atoms with Crippen LogP contribution in [0.25, 0.3) is 0 Å². The van der Waals surface area contributed by atoms with Gasteiger partial charge >= 0.3 is 5.97 Å². The average Bonchev–Trinajstić information content (AvgIpc) is 2.92. The molecule has 2 rings (SSSR count). The Bertz CT molecular complexity index is 502. The minimum atomic E-state index is -0.890. The number of carboxylic acid groups (broad SMARTS) is 1. The number of thioether (sulfide) groups is 1. The largest absolute Gasteiger partial charge is 0.481 e. The highest BCUT2D eigenvalue weighted by atomic mass is 32.2. The van der Waals surface area contributed by atoms with Gasteiger partial charge in [-0.1, -0.05) is 23.1 Å². The number of carbonyl (C=O) groups is 2. The van der Waals surface area contributed by atoms with E-state index in [0.717, 1.165) is 37.7 Å². The molecule has 116 valence electrons. The molecule has 0 radical (unpaired) electrons. The van der Waals surface area contributed by atoms with E-state index in [4.69, 9.17) is 5.11 Å². The molecule has 1 amide bonds. The van der Waals surface area contributed by atoms with Gasteiger partial charge < -0.3 is 15.3 Å². The number of piperidine rings is 1. The summed E-state index contributed by atoms with van der Waals surface area (Å²) in [5.74, 6) is -0.861. The number of likely N-dealkylation sites (tertiary alicyclic amines) is 1. The number of rotatable bonds is 6. The topological polar surface area (TPSA) is 95.4 Å². The van der Waals surface area contributed by atoms with E-state index in [1.807, 2.05) is 11.8 Å². The quantitative estimate of drug-likeness (QED) is 0.764. The van der Waals surface area contributed by atoms with Crippen molar-refractivity contribution < 1.29 is 14.7 Å². The highest BCUT2D eigenvalue weighted by molar-refractivity contribution is 8.01. The summed E-state index contributed by atoms with van der Waals surface area (Å²) < 4.78 is 0.581. The fraction of sp³-hybridized carbons (Fsp3) is 0.667. The second kappa shape index (κ2) is 7.60. The Labute approximate surface area is 131 Å². The highest BCUT2D eigenvalue weighted by Crippen LogP contribution is 2.25. The monoisotopic (exact) mass is 330 g/mol. The van der Waals surface area contributed by atoms with E-state index in [1.54, 1.807) is 0 Å². The lowest BCUT2D eigenvalue weighted by atomic mass is 10.1. The lowest BCUT2D eigenvalue weighted by Crippen LogP contribution is -2.43. The molecular formula is C12H18N4O3S2. The van der Waals surface area contributed by atoms with Crippen LogP contribution < -0.4 is 5.32 Å². The Morgan fingerprint density at radius 3 is 2.76 bits per heavy atom. The van der Waals surface area contributed by atoms with E-state index < -0.39 is 5.97 Å². The van der Waals surface area contributed by atoms with Crippen LogP contribution in [0.4, 0.5) is 5.13 Å². The Morgan fingerprint density at radius 1 is 1.38 bits per heavy atom. The van der Waals surface area contributed by atoms with Crippen LogP contribution in [0.2, 0.25) is 0 Å². The van der Waals surface area contributed by atoms with Crippen LogP contribution in [0.5, 0.6) is 0 Å². The maximum absolute atomic E-state index is 12.3. The van der Waals surface area contributed by atoms with E-state index in [9.17, 15) is 9.59 Å². The zero-order chi connectivity index (χ0) is 15.2. The number of hydrogen-bond acceptors (Lipinski definition) is 7. The van der Waals surface area contributed by atoms with Crippen molar-refractivity contribution in [3.63, 3.8) is 0 Å². The van der Waals surface area contributed by atoms with Gasteiger partial charge in [-0.3, -0.25) is 9.59 Å². The molecule has 2 heterocycles. The highest BCUT2D eigenvalue weighted by Gasteiger charge is 2.22. The molecule has 21 heavy (non-hydrogen) atoms. The van der Waals surface area contributed by atoms with Crippen LogP contribution in [-0.2, 0) is 9.59 Å². The van der Waals surface area contributed by atoms with Gasteiger partial charge in [0.05, 0.1) is 5.75 Å². The first-order valence-corrected chi connectivity index (χ1v) is 8.60. The molecule has 1 fully saturated rings. The Balaban J connectivity index is 1.85. The Morgan fingerprint density at radius 2 is 2.10 bits per heavy atom. The molecular weight excluding hydrogens is 312 g/mol. The van der Waals surface area contributed by atoms with E-state index >= 15 is 0 Å². The predicted molar refractivity (Wildman–Crippen MR) is 81.8 cm³/mol. The van der Waals surface area contributed by atoms with Crippen molar-refractivity contribution in [1.29, 1.82) is 0 Å². The number of carboxylic acids is 1. The summed E-state index contributed by atoms with van der Waals surface area (Å²) >= 11 is 2.39. The van der Waals surface area contributed by atoms with Crippen molar-refractivity contribution in [1.82, 2.24) is 15.1 Å². The molecule has 1 saturated heterocycles. The average molecular weight is 330 g/mol. The molecule has 1 aromatic heterocycles. The van der Waals surface area contributed by atoms with Gasteiger partial charge in [-0.15, -0.1) is 10.2 Å². The summed E-state index contributed by atoms with van der Waals surface area (Å²) in [6, 6.07) is -0.353. The second-order valence-electron chi connectivity index (χ2n) is 4.81. The zero-order valence-corrected chi connectivity index (χ0v) is 13.4. The van der Waals surface area contributed by atoms with Crippen LogP contribution in [-0.4, -0.2) is 57.0 Å². The first kappa shape index (κ1) is 16.0.